The lowest BCUT2D eigenvalue weighted by Crippen LogP contribution is -2.35. The molecule has 0 fully saturated rings. The fourth-order valence-electron chi connectivity index (χ4n) is 1.95. The van der Waals surface area contributed by atoms with Crippen molar-refractivity contribution in [2.45, 2.75) is 33.4 Å². The topological polar surface area (TPSA) is 50.8 Å². The van der Waals surface area contributed by atoms with Gasteiger partial charge >= 0.3 is 0 Å². The van der Waals surface area contributed by atoms with Crippen molar-refractivity contribution in [3.05, 3.63) is 23.8 Å². The summed E-state index contributed by atoms with van der Waals surface area (Å²) in [6.07, 6.45) is -0.554. The van der Waals surface area contributed by atoms with Crippen LogP contribution < -0.4 is 14.8 Å². The van der Waals surface area contributed by atoms with Gasteiger partial charge in [-0.15, -0.1) is 0 Å². The minimum atomic E-state index is -0.554. The molecule has 118 valence electrons. The fraction of sp³-hybridized carbons (Fsp3) is 0.562. The summed E-state index contributed by atoms with van der Waals surface area (Å²) in [4.78, 5) is 13.5. The molecule has 21 heavy (non-hydrogen) atoms. The maximum Gasteiger partial charge on any atom is 0.262 e. The van der Waals surface area contributed by atoms with E-state index in [1.165, 1.54) is 4.90 Å². The summed E-state index contributed by atoms with van der Waals surface area (Å²) in [6.45, 7) is 7.82. The van der Waals surface area contributed by atoms with E-state index in [2.05, 4.69) is 5.32 Å². The van der Waals surface area contributed by atoms with Crippen LogP contribution in [0.25, 0.3) is 0 Å². The van der Waals surface area contributed by atoms with Gasteiger partial charge in [0.2, 0.25) is 0 Å². The normalized spacial score (nSPS) is 11.9. The van der Waals surface area contributed by atoms with Crippen LogP contribution >= 0.6 is 0 Å². The first-order chi connectivity index (χ1) is 10.0. The molecule has 1 atom stereocenters. The third kappa shape index (κ3) is 4.93. The van der Waals surface area contributed by atoms with Crippen molar-refractivity contribution in [1.29, 1.82) is 0 Å². The zero-order chi connectivity index (χ0) is 15.8. The van der Waals surface area contributed by atoms with Gasteiger partial charge in [0.05, 0.1) is 6.61 Å². The van der Waals surface area contributed by atoms with Crippen LogP contribution in [0.1, 0.15) is 26.3 Å². The maximum atomic E-state index is 12.0. The summed E-state index contributed by atoms with van der Waals surface area (Å²) in [5, 5.41) is 3.27. The molecule has 0 saturated carbocycles. The Bertz CT molecular complexity index is 461. The van der Waals surface area contributed by atoms with Crippen molar-refractivity contribution in [1.82, 2.24) is 10.2 Å². The number of benzene rings is 1. The summed E-state index contributed by atoms with van der Waals surface area (Å²) in [6, 6.07) is 5.78. The van der Waals surface area contributed by atoms with Crippen LogP contribution in [0.4, 0.5) is 0 Å². The van der Waals surface area contributed by atoms with E-state index < -0.39 is 6.10 Å². The minimum Gasteiger partial charge on any atom is -0.490 e. The Morgan fingerprint density at radius 3 is 2.62 bits per heavy atom. The van der Waals surface area contributed by atoms with Crippen LogP contribution in [0.3, 0.4) is 0 Å². The number of ether oxygens (including phenoxy) is 2. The summed E-state index contributed by atoms with van der Waals surface area (Å²) < 4.78 is 11.5. The predicted molar refractivity (Wildman–Crippen MR) is 83.8 cm³/mol. The molecule has 1 amide bonds. The zero-order valence-corrected chi connectivity index (χ0v) is 13.6. The molecular formula is C16H26N2O3. The third-order valence-electron chi connectivity index (χ3n) is 3.01. The molecule has 0 spiro atoms. The van der Waals surface area contributed by atoms with Crippen molar-refractivity contribution in [2.24, 2.45) is 0 Å². The Labute approximate surface area is 127 Å². The van der Waals surface area contributed by atoms with E-state index in [4.69, 9.17) is 9.47 Å². The largest absolute Gasteiger partial charge is 0.490 e. The Morgan fingerprint density at radius 2 is 2.05 bits per heavy atom. The van der Waals surface area contributed by atoms with Gasteiger partial charge in [-0.3, -0.25) is 4.79 Å². The molecule has 1 aromatic rings. The molecule has 0 radical (unpaired) electrons. The summed E-state index contributed by atoms with van der Waals surface area (Å²) >= 11 is 0. The SMILES string of the molecule is CCNCc1cccc(OCC)c1OC(C)C(=O)N(C)C. The molecule has 0 aliphatic carbocycles. The van der Waals surface area contributed by atoms with Gasteiger partial charge in [0.25, 0.3) is 5.91 Å². The van der Waals surface area contributed by atoms with Gasteiger partial charge in [-0.05, 0) is 26.5 Å². The fourth-order valence-corrected chi connectivity index (χ4v) is 1.95. The average molecular weight is 294 g/mol. The Kier molecular flexibility index (Phi) is 7.02. The van der Waals surface area contributed by atoms with E-state index in [0.717, 1.165) is 12.1 Å². The van der Waals surface area contributed by atoms with E-state index in [0.29, 0.717) is 24.7 Å². The van der Waals surface area contributed by atoms with Crippen LogP contribution in [0, 0.1) is 0 Å². The highest BCUT2D eigenvalue weighted by atomic mass is 16.5. The van der Waals surface area contributed by atoms with Gasteiger partial charge in [-0.25, -0.2) is 0 Å². The average Bonchev–Trinajstić information content (AvgIpc) is 2.46. The molecule has 1 N–H and O–H groups in total. The molecule has 0 saturated heterocycles. The second kappa shape index (κ2) is 8.52. The van der Waals surface area contributed by atoms with Crippen molar-refractivity contribution in [3.63, 3.8) is 0 Å². The number of carbonyl (C=O) groups is 1. The Balaban J connectivity index is 3.01. The van der Waals surface area contributed by atoms with Crippen molar-refractivity contribution in [2.75, 3.05) is 27.2 Å². The molecule has 0 aromatic heterocycles. The highest BCUT2D eigenvalue weighted by Gasteiger charge is 2.20. The highest BCUT2D eigenvalue weighted by molar-refractivity contribution is 5.80. The highest BCUT2D eigenvalue weighted by Crippen LogP contribution is 2.32. The van der Waals surface area contributed by atoms with Crippen molar-refractivity contribution < 1.29 is 14.3 Å². The van der Waals surface area contributed by atoms with E-state index >= 15 is 0 Å². The number of carbonyl (C=O) groups excluding carboxylic acids is 1. The number of likely N-dealkylation sites (N-methyl/N-ethyl adjacent to an activating group) is 1. The number of nitrogens with zero attached hydrogens (tertiary/aromatic N) is 1. The first-order valence-corrected chi connectivity index (χ1v) is 7.34. The number of nitrogens with one attached hydrogen (secondary N) is 1. The maximum absolute atomic E-state index is 12.0. The third-order valence-corrected chi connectivity index (χ3v) is 3.01. The van der Waals surface area contributed by atoms with Gasteiger partial charge in [-0.1, -0.05) is 19.1 Å². The van der Waals surface area contributed by atoms with Crippen LogP contribution in [0.15, 0.2) is 18.2 Å². The number of rotatable bonds is 8. The Morgan fingerprint density at radius 1 is 1.33 bits per heavy atom. The smallest absolute Gasteiger partial charge is 0.262 e. The van der Waals surface area contributed by atoms with Crippen LogP contribution in [-0.4, -0.2) is 44.2 Å². The van der Waals surface area contributed by atoms with Gasteiger partial charge in [-0.2, -0.15) is 0 Å². The quantitative estimate of drug-likeness (QED) is 0.797. The number of hydrogen-bond donors (Lipinski definition) is 1. The molecule has 1 rings (SSSR count). The minimum absolute atomic E-state index is 0.0734. The first-order valence-electron chi connectivity index (χ1n) is 7.34. The van der Waals surface area contributed by atoms with E-state index in [-0.39, 0.29) is 5.91 Å². The number of amides is 1. The molecule has 0 aliphatic rings. The summed E-state index contributed by atoms with van der Waals surface area (Å²) in [7, 11) is 3.44. The number of hydrogen-bond acceptors (Lipinski definition) is 4. The molecular weight excluding hydrogens is 268 g/mol. The van der Waals surface area contributed by atoms with E-state index in [1.807, 2.05) is 32.0 Å². The second-order valence-corrected chi connectivity index (χ2v) is 4.95. The lowest BCUT2D eigenvalue weighted by Gasteiger charge is -2.22. The van der Waals surface area contributed by atoms with Crippen LogP contribution in [0.5, 0.6) is 11.5 Å². The Hall–Kier alpha value is -1.75. The molecule has 0 bridgehead atoms. The number of para-hydroxylation sites is 1. The van der Waals surface area contributed by atoms with E-state index in [9.17, 15) is 4.79 Å². The zero-order valence-electron chi connectivity index (χ0n) is 13.6. The van der Waals surface area contributed by atoms with Gasteiger partial charge < -0.3 is 19.7 Å². The molecule has 0 heterocycles. The standard InChI is InChI=1S/C16H26N2O3/c1-6-17-11-13-9-8-10-14(20-7-2)15(13)21-12(3)16(19)18(4)5/h8-10,12,17H,6-7,11H2,1-5H3. The van der Waals surface area contributed by atoms with Gasteiger partial charge in [0, 0.05) is 26.2 Å². The second-order valence-electron chi connectivity index (χ2n) is 4.95. The van der Waals surface area contributed by atoms with Crippen LogP contribution in [0.2, 0.25) is 0 Å². The van der Waals surface area contributed by atoms with Crippen molar-refractivity contribution in [3.8, 4) is 11.5 Å². The summed E-state index contributed by atoms with van der Waals surface area (Å²) in [5.41, 5.74) is 0.987. The lowest BCUT2D eigenvalue weighted by molar-refractivity contribution is -0.135. The molecule has 1 aromatic carbocycles. The summed E-state index contributed by atoms with van der Waals surface area (Å²) in [5.74, 6) is 1.24. The van der Waals surface area contributed by atoms with Gasteiger partial charge in [0.1, 0.15) is 0 Å². The molecule has 5 nitrogen and oxygen atoms in total. The van der Waals surface area contributed by atoms with Gasteiger partial charge in [0.15, 0.2) is 17.6 Å². The molecule has 0 aliphatic heterocycles. The molecule has 5 heteroatoms. The van der Waals surface area contributed by atoms with Crippen LogP contribution in [-0.2, 0) is 11.3 Å². The first kappa shape index (κ1) is 17.3. The van der Waals surface area contributed by atoms with E-state index in [1.54, 1.807) is 21.0 Å². The molecule has 1 unspecified atom stereocenters. The monoisotopic (exact) mass is 294 g/mol. The van der Waals surface area contributed by atoms with Crippen molar-refractivity contribution >= 4 is 5.91 Å². The lowest BCUT2D eigenvalue weighted by atomic mass is 10.1. The predicted octanol–water partition coefficient (Wildman–Crippen LogP) is 2.05.